The van der Waals surface area contributed by atoms with Gasteiger partial charge < -0.3 is 14.4 Å². The lowest BCUT2D eigenvalue weighted by Gasteiger charge is -2.31. The van der Waals surface area contributed by atoms with Gasteiger partial charge in [-0.15, -0.1) is 0 Å². The molecule has 1 aliphatic heterocycles. The van der Waals surface area contributed by atoms with Crippen molar-refractivity contribution in [3.63, 3.8) is 0 Å². The number of quaternary nitrogens is 1. The fourth-order valence-corrected chi connectivity index (χ4v) is 4.39. The summed E-state index contributed by atoms with van der Waals surface area (Å²) in [4.78, 5) is 1.50. The van der Waals surface area contributed by atoms with E-state index in [9.17, 15) is 8.42 Å². The molecule has 8 heteroatoms. The third-order valence-electron chi connectivity index (χ3n) is 3.99. The Hall–Kier alpha value is -1.02. The van der Waals surface area contributed by atoms with Crippen LogP contribution in [0.2, 0.25) is 5.02 Å². The summed E-state index contributed by atoms with van der Waals surface area (Å²) in [5.74, 6) is 0.551. The first kappa shape index (κ1) is 17.3. The number of ether oxygens (including phenoxy) is 2. The summed E-state index contributed by atoms with van der Waals surface area (Å²) in [6.07, 6.45) is 0. The second-order valence-corrected chi connectivity index (χ2v) is 7.46. The maximum atomic E-state index is 12.9. The van der Waals surface area contributed by atoms with E-state index in [1.54, 1.807) is 0 Å². The fourth-order valence-electron chi connectivity index (χ4n) is 2.57. The van der Waals surface area contributed by atoms with Gasteiger partial charge in [-0.1, -0.05) is 11.6 Å². The van der Waals surface area contributed by atoms with Crippen molar-refractivity contribution in [2.45, 2.75) is 11.8 Å². The van der Waals surface area contributed by atoms with E-state index in [0.717, 1.165) is 19.6 Å². The van der Waals surface area contributed by atoms with E-state index in [1.165, 1.54) is 35.6 Å². The first-order valence-electron chi connectivity index (χ1n) is 7.19. The molecule has 0 bridgehead atoms. The molecule has 1 N–H and O–H groups in total. The first-order valence-corrected chi connectivity index (χ1v) is 9.01. The quantitative estimate of drug-likeness (QED) is 0.828. The van der Waals surface area contributed by atoms with Crippen LogP contribution in [-0.2, 0) is 10.0 Å². The molecule has 1 fully saturated rings. The number of hydrogen-bond acceptors (Lipinski definition) is 4. The van der Waals surface area contributed by atoms with E-state index < -0.39 is 10.0 Å². The number of likely N-dealkylation sites (N-methyl/N-ethyl adjacent to an activating group) is 1. The minimum atomic E-state index is -3.63. The average molecular weight is 350 g/mol. The number of sulfonamides is 1. The molecule has 0 radical (unpaired) electrons. The molecule has 0 aromatic heterocycles. The zero-order valence-corrected chi connectivity index (χ0v) is 14.6. The number of nitrogens with one attached hydrogen (secondary N) is 1. The Kier molecular flexibility index (Phi) is 5.55. The van der Waals surface area contributed by atoms with Crippen LogP contribution in [0.4, 0.5) is 0 Å². The SMILES string of the molecule is CC[NH+]1CCN(S(=O)(=O)c2cc(OC)c(Cl)cc2OC)CC1. The number of hydrogen-bond donors (Lipinski definition) is 1. The first-order chi connectivity index (χ1) is 10.4. The topological polar surface area (TPSA) is 60.3 Å². The van der Waals surface area contributed by atoms with Gasteiger partial charge in [-0.25, -0.2) is 8.42 Å². The fraction of sp³-hybridized carbons (Fsp3) is 0.571. The van der Waals surface area contributed by atoms with Gasteiger partial charge in [0, 0.05) is 12.1 Å². The van der Waals surface area contributed by atoms with Gasteiger partial charge in [0.15, 0.2) is 0 Å². The number of nitrogens with zero attached hydrogens (tertiary/aromatic N) is 1. The molecule has 22 heavy (non-hydrogen) atoms. The van der Waals surface area contributed by atoms with E-state index in [1.807, 2.05) is 0 Å². The second-order valence-electron chi connectivity index (χ2n) is 5.15. The molecule has 6 nitrogen and oxygen atoms in total. The van der Waals surface area contributed by atoms with Gasteiger partial charge in [0.2, 0.25) is 10.0 Å². The molecule has 0 saturated carbocycles. The molecule has 1 aromatic carbocycles. The third kappa shape index (κ3) is 3.32. The lowest BCUT2D eigenvalue weighted by Crippen LogP contribution is -3.14. The number of rotatable bonds is 5. The normalized spacial score (nSPS) is 17.5. The van der Waals surface area contributed by atoms with Gasteiger partial charge >= 0.3 is 0 Å². The molecule has 0 unspecified atom stereocenters. The lowest BCUT2D eigenvalue weighted by molar-refractivity contribution is -0.901. The standard InChI is InChI=1S/C14H21ClN2O4S/c1-4-16-5-7-17(8-6-16)22(18,19)14-10-12(20-2)11(15)9-13(14)21-3/h9-10H,4-8H2,1-3H3/p+1. The molecule has 1 aliphatic rings. The van der Waals surface area contributed by atoms with Gasteiger partial charge in [-0.3, -0.25) is 0 Å². The van der Waals surface area contributed by atoms with Gasteiger partial charge in [-0.05, 0) is 6.92 Å². The molecule has 1 aromatic rings. The van der Waals surface area contributed by atoms with Crippen LogP contribution < -0.4 is 14.4 Å². The van der Waals surface area contributed by atoms with E-state index in [-0.39, 0.29) is 10.6 Å². The second kappa shape index (κ2) is 7.04. The van der Waals surface area contributed by atoms with Crippen molar-refractivity contribution >= 4 is 21.6 Å². The van der Waals surface area contributed by atoms with Crippen LogP contribution in [-0.4, -0.2) is 59.7 Å². The van der Waals surface area contributed by atoms with E-state index in [2.05, 4.69) is 6.92 Å². The summed E-state index contributed by atoms with van der Waals surface area (Å²) in [6, 6.07) is 2.90. The molecule has 2 rings (SSSR count). The van der Waals surface area contributed by atoms with Crippen LogP contribution in [0.25, 0.3) is 0 Å². The highest BCUT2D eigenvalue weighted by Crippen LogP contribution is 2.36. The van der Waals surface area contributed by atoms with Crippen molar-refractivity contribution < 1.29 is 22.8 Å². The van der Waals surface area contributed by atoms with Crippen molar-refractivity contribution in [1.82, 2.24) is 4.31 Å². The molecular formula is C14H22ClN2O4S+. The monoisotopic (exact) mass is 349 g/mol. The highest BCUT2D eigenvalue weighted by molar-refractivity contribution is 7.89. The van der Waals surface area contributed by atoms with Gasteiger partial charge in [0.1, 0.15) is 16.4 Å². The van der Waals surface area contributed by atoms with E-state index in [0.29, 0.717) is 23.9 Å². The summed E-state index contributed by atoms with van der Waals surface area (Å²) >= 11 is 6.04. The molecule has 0 amide bonds. The van der Waals surface area contributed by atoms with Crippen LogP contribution >= 0.6 is 11.6 Å². The Bertz CT molecular complexity index is 628. The number of halogens is 1. The van der Waals surface area contributed by atoms with Gasteiger partial charge in [-0.2, -0.15) is 4.31 Å². The Morgan fingerprint density at radius 3 is 2.27 bits per heavy atom. The molecule has 1 saturated heterocycles. The zero-order chi connectivity index (χ0) is 16.3. The van der Waals surface area contributed by atoms with Crippen LogP contribution in [0.15, 0.2) is 17.0 Å². The van der Waals surface area contributed by atoms with Crippen LogP contribution in [0, 0.1) is 0 Å². The summed E-state index contributed by atoms with van der Waals surface area (Å²) in [6.45, 7) is 5.73. The average Bonchev–Trinajstić information content (AvgIpc) is 2.54. The largest absolute Gasteiger partial charge is 0.495 e. The number of benzene rings is 1. The Labute approximate surface area is 136 Å². The smallest absolute Gasteiger partial charge is 0.247 e. The highest BCUT2D eigenvalue weighted by Gasteiger charge is 2.32. The van der Waals surface area contributed by atoms with Crippen LogP contribution in [0.3, 0.4) is 0 Å². The third-order valence-corrected chi connectivity index (χ3v) is 6.20. The van der Waals surface area contributed by atoms with Crippen molar-refractivity contribution in [3.05, 3.63) is 17.2 Å². The summed E-state index contributed by atoms with van der Waals surface area (Å²) in [7, 11) is -0.751. The molecule has 124 valence electrons. The van der Waals surface area contributed by atoms with Crippen molar-refractivity contribution in [2.75, 3.05) is 46.9 Å². The molecule has 0 spiro atoms. The predicted octanol–water partition coefficient (Wildman–Crippen LogP) is 0.266. The molecule has 1 heterocycles. The Balaban J connectivity index is 2.37. The van der Waals surface area contributed by atoms with E-state index in [4.69, 9.17) is 21.1 Å². The molecular weight excluding hydrogens is 328 g/mol. The van der Waals surface area contributed by atoms with Gasteiger partial charge in [0.05, 0.1) is 52.0 Å². The summed E-state index contributed by atoms with van der Waals surface area (Å²) < 4.78 is 37.6. The van der Waals surface area contributed by atoms with Crippen LogP contribution in [0.5, 0.6) is 11.5 Å². The zero-order valence-electron chi connectivity index (χ0n) is 13.1. The summed E-state index contributed by atoms with van der Waals surface area (Å²) in [5, 5.41) is 0.318. The Morgan fingerprint density at radius 1 is 1.18 bits per heavy atom. The number of methoxy groups -OCH3 is 2. The van der Waals surface area contributed by atoms with Crippen molar-refractivity contribution in [2.24, 2.45) is 0 Å². The van der Waals surface area contributed by atoms with Crippen molar-refractivity contribution in [3.8, 4) is 11.5 Å². The minimum Gasteiger partial charge on any atom is -0.495 e. The minimum absolute atomic E-state index is 0.0937. The van der Waals surface area contributed by atoms with Crippen LogP contribution in [0.1, 0.15) is 6.92 Å². The summed E-state index contributed by atoms with van der Waals surface area (Å²) in [5.41, 5.74) is 0. The maximum Gasteiger partial charge on any atom is 0.247 e. The highest BCUT2D eigenvalue weighted by atomic mass is 35.5. The van der Waals surface area contributed by atoms with Gasteiger partial charge in [0.25, 0.3) is 0 Å². The Morgan fingerprint density at radius 2 is 1.77 bits per heavy atom. The molecule has 0 aliphatic carbocycles. The number of piperazine rings is 1. The molecule has 0 atom stereocenters. The lowest BCUT2D eigenvalue weighted by atomic mass is 10.3. The van der Waals surface area contributed by atoms with E-state index >= 15 is 0 Å². The maximum absolute atomic E-state index is 12.9. The predicted molar refractivity (Wildman–Crippen MR) is 84.6 cm³/mol. The van der Waals surface area contributed by atoms with Crippen molar-refractivity contribution in [1.29, 1.82) is 0 Å².